The molecule has 0 aromatic heterocycles. The van der Waals surface area contributed by atoms with E-state index >= 15 is 0 Å². The van der Waals surface area contributed by atoms with E-state index < -0.39 is 6.10 Å². The molecule has 1 atom stereocenters. The Labute approximate surface area is 450 Å². The second kappa shape index (κ2) is 58.7. The van der Waals surface area contributed by atoms with Gasteiger partial charge in [-0.15, -0.1) is 0 Å². The van der Waals surface area contributed by atoms with E-state index in [-0.39, 0.29) is 31.1 Å². The lowest BCUT2D eigenvalue weighted by Gasteiger charge is -2.18. The molecule has 0 N–H and O–H groups in total. The first-order valence-electron chi connectivity index (χ1n) is 32.7. The molecule has 0 bridgehead atoms. The highest BCUT2D eigenvalue weighted by Crippen LogP contribution is 2.19. The molecule has 0 unspecified atom stereocenters. The molecule has 6 heteroatoms. The molecule has 0 aromatic rings. The van der Waals surface area contributed by atoms with Crippen LogP contribution in [-0.4, -0.2) is 37.2 Å². The van der Waals surface area contributed by atoms with Gasteiger partial charge in [-0.1, -0.05) is 336 Å². The number of ether oxygens (including phenoxy) is 3. The van der Waals surface area contributed by atoms with Crippen molar-refractivity contribution in [2.24, 2.45) is 11.8 Å². The van der Waals surface area contributed by atoms with Gasteiger partial charge in [-0.2, -0.15) is 0 Å². The summed E-state index contributed by atoms with van der Waals surface area (Å²) < 4.78 is 17.0. The highest BCUT2D eigenvalue weighted by Gasteiger charge is 2.19. The lowest BCUT2D eigenvalue weighted by Crippen LogP contribution is -2.30. The summed E-state index contributed by atoms with van der Waals surface area (Å²) in [4.78, 5) is 38.3. The lowest BCUT2D eigenvalue weighted by molar-refractivity contribution is -0.167. The molecular formula is C66H128O6. The summed E-state index contributed by atoms with van der Waals surface area (Å²) in [5.41, 5.74) is 0. The molecule has 0 aromatic carbocycles. The normalized spacial score (nSPS) is 12.0. The Balaban J connectivity index is 4.28. The minimum Gasteiger partial charge on any atom is -0.462 e. The number of unbranched alkanes of at least 4 members (excludes halogenated alkanes) is 45. The van der Waals surface area contributed by atoms with Crippen molar-refractivity contribution in [2.45, 2.75) is 381 Å². The monoisotopic (exact) mass is 1020 g/mol. The third-order valence-electron chi connectivity index (χ3n) is 15.2. The fourth-order valence-electron chi connectivity index (χ4n) is 10.3. The van der Waals surface area contributed by atoms with Gasteiger partial charge in [0.1, 0.15) is 13.2 Å². The van der Waals surface area contributed by atoms with Crippen LogP contribution >= 0.6 is 0 Å². The van der Waals surface area contributed by atoms with Crippen LogP contribution < -0.4 is 0 Å². The number of hydrogen-bond donors (Lipinski definition) is 0. The molecule has 0 aliphatic rings. The molecule has 0 amide bonds. The number of carbonyl (C=O) groups excluding carboxylic acids is 3. The quantitative estimate of drug-likeness (QED) is 0.0343. The maximum atomic E-state index is 12.9. The molecule has 0 rings (SSSR count). The summed E-state index contributed by atoms with van der Waals surface area (Å²) in [7, 11) is 0. The van der Waals surface area contributed by atoms with E-state index in [9.17, 15) is 14.4 Å². The third-order valence-corrected chi connectivity index (χ3v) is 15.2. The van der Waals surface area contributed by atoms with E-state index in [4.69, 9.17) is 14.2 Å². The van der Waals surface area contributed by atoms with Gasteiger partial charge in [0.15, 0.2) is 6.10 Å². The summed E-state index contributed by atoms with van der Waals surface area (Å²) in [6, 6.07) is 0. The molecule has 428 valence electrons. The fraction of sp³-hybridized carbons (Fsp3) is 0.955. The largest absolute Gasteiger partial charge is 0.462 e. The predicted molar refractivity (Wildman–Crippen MR) is 312 cm³/mol. The summed E-state index contributed by atoms with van der Waals surface area (Å²) in [5, 5.41) is 0. The summed E-state index contributed by atoms with van der Waals surface area (Å²) in [6.45, 7) is 11.5. The first-order valence-corrected chi connectivity index (χ1v) is 32.7. The van der Waals surface area contributed by atoms with Crippen LogP contribution in [0.15, 0.2) is 0 Å². The van der Waals surface area contributed by atoms with Crippen LogP contribution in [0, 0.1) is 11.8 Å². The Morgan fingerprint density at radius 2 is 0.458 bits per heavy atom. The van der Waals surface area contributed by atoms with Gasteiger partial charge in [0.25, 0.3) is 0 Å². The second-order valence-corrected chi connectivity index (χ2v) is 23.7. The SMILES string of the molecule is CCCCCCCCCCCCCCCCCCCC(=O)OC[C@@H](COC(=O)CCCCCCCCCCCCCCCC(C)C)OC(=O)CCCCCCCCCCCCCCCCCCCCC(C)C. The summed E-state index contributed by atoms with van der Waals surface area (Å²) in [5.74, 6) is 0.869. The van der Waals surface area contributed by atoms with Gasteiger partial charge < -0.3 is 14.2 Å². The van der Waals surface area contributed by atoms with Gasteiger partial charge in [-0.05, 0) is 31.1 Å². The van der Waals surface area contributed by atoms with Crippen molar-refractivity contribution in [2.75, 3.05) is 13.2 Å². The van der Waals surface area contributed by atoms with E-state index in [0.717, 1.165) is 69.6 Å². The first kappa shape index (κ1) is 70.4. The Bertz CT molecular complexity index is 1100. The predicted octanol–water partition coefficient (Wildman–Crippen LogP) is 22.0. The Kier molecular flexibility index (Phi) is 57.4. The zero-order valence-electron chi connectivity index (χ0n) is 49.6. The van der Waals surface area contributed by atoms with E-state index in [2.05, 4.69) is 34.6 Å². The number of esters is 3. The van der Waals surface area contributed by atoms with Crippen LogP contribution in [0.2, 0.25) is 0 Å². The average Bonchev–Trinajstić information content (AvgIpc) is 3.36. The van der Waals surface area contributed by atoms with Crippen molar-refractivity contribution in [3.8, 4) is 0 Å². The molecule has 0 saturated carbocycles. The zero-order chi connectivity index (χ0) is 52.5. The van der Waals surface area contributed by atoms with Crippen molar-refractivity contribution in [3.05, 3.63) is 0 Å². The van der Waals surface area contributed by atoms with Crippen LogP contribution in [0.1, 0.15) is 375 Å². The van der Waals surface area contributed by atoms with E-state index in [1.807, 2.05) is 0 Å². The maximum absolute atomic E-state index is 12.9. The molecule has 0 aliphatic carbocycles. The maximum Gasteiger partial charge on any atom is 0.306 e. The van der Waals surface area contributed by atoms with Crippen molar-refractivity contribution >= 4 is 17.9 Å². The summed E-state index contributed by atoms with van der Waals surface area (Å²) in [6.07, 6.45) is 65.3. The number of carbonyl (C=O) groups is 3. The lowest BCUT2D eigenvalue weighted by atomic mass is 10.0. The van der Waals surface area contributed by atoms with Crippen molar-refractivity contribution < 1.29 is 28.6 Å². The van der Waals surface area contributed by atoms with E-state index in [1.165, 1.54) is 263 Å². The Morgan fingerprint density at radius 1 is 0.264 bits per heavy atom. The molecule has 0 fully saturated rings. The molecule has 0 aliphatic heterocycles. The Hall–Kier alpha value is -1.59. The van der Waals surface area contributed by atoms with Gasteiger partial charge in [-0.3, -0.25) is 14.4 Å². The minimum atomic E-state index is -0.764. The minimum absolute atomic E-state index is 0.0616. The van der Waals surface area contributed by atoms with E-state index in [0.29, 0.717) is 19.3 Å². The van der Waals surface area contributed by atoms with Gasteiger partial charge >= 0.3 is 17.9 Å². The topological polar surface area (TPSA) is 78.9 Å². The zero-order valence-corrected chi connectivity index (χ0v) is 49.6. The average molecular weight is 1020 g/mol. The van der Waals surface area contributed by atoms with Crippen LogP contribution in [0.25, 0.3) is 0 Å². The molecule has 72 heavy (non-hydrogen) atoms. The number of hydrogen-bond acceptors (Lipinski definition) is 6. The van der Waals surface area contributed by atoms with Gasteiger partial charge in [0, 0.05) is 19.3 Å². The molecular weight excluding hydrogens is 889 g/mol. The van der Waals surface area contributed by atoms with Crippen molar-refractivity contribution in [1.82, 2.24) is 0 Å². The third kappa shape index (κ3) is 59.3. The van der Waals surface area contributed by atoms with Crippen LogP contribution in [0.5, 0.6) is 0 Å². The van der Waals surface area contributed by atoms with Crippen LogP contribution in [-0.2, 0) is 28.6 Å². The van der Waals surface area contributed by atoms with Gasteiger partial charge in [0.05, 0.1) is 0 Å². The smallest absolute Gasteiger partial charge is 0.306 e. The van der Waals surface area contributed by atoms with Crippen LogP contribution in [0.4, 0.5) is 0 Å². The molecule has 0 heterocycles. The highest BCUT2D eigenvalue weighted by molar-refractivity contribution is 5.71. The second-order valence-electron chi connectivity index (χ2n) is 23.7. The van der Waals surface area contributed by atoms with E-state index in [1.54, 1.807) is 0 Å². The molecule has 0 spiro atoms. The molecule has 0 radical (unpaired) electrons. The summed E-state index contributed by atoms with van der Waals surface area (Å²) >= 11 is 0. The highest BCUT2D eigenvalue weighted by atomic mass is 16.6. The first-order chi connectivity index (χ1) is 35.2. The number of rotatable bonds is 60. The Morgan fingerprint density at radius 3 is 0.681 bits per heavy atom. The van der Waals surface area contributed by atoms with Crippen LogP contribution in [0.3, 0.4) is 0 Å². The van der Waals surface area contributed by atoms with Crippen molar-refractivity contribution in [3.63, 3.8) is 0 Å². The molecule has 6 nitrogen and oxygen atoms in total. The standard InChI is InChI=1S/C66H128O6/c1-6-7-8-9-10-11-12-13-14-17-21-26-31-36-41-46-51-56-64(67)70-59-63(60-71-65(68)57-52-47-42-37-32-28-23-25-30-35-40-45-50-55-62(4)5)72-66(69)58-53-48-43-38-33-27-22-19-16-15-18-20-24-29-34-39-44-49-54-61(2)3/h61-63H,6-60H2,1-5H3/t63-/m0/s1. The molecule has 0 saturated heterocycles. The fourth-order valence-corrected chi connectivity index (χ4v) is 10.3. The van der Waals surface area contributed by atoms with Gasteiger partial charge in [-0.25, -0.2) is 0 Å². The van der Waals surface area contributed by atoms with Crippen molar-refractivity contribution in [1.29, 1.82) is 0 Å². The van der Waals surface area contributed by atoms with Gasteiger partial charge in [0.2, 0.25) is 0 Å².